The van der Waals surface area contributed by atoms with Crippen LogP contribution >= 0.6 is 0 Å². The Kier molecular flexibility index (Phi) is 4.91. The Bertz CT molecular complexity index is 1150. The fourth-order valence-electron chi connectivity index (χ4n) is 4.01. The van der Waals surface area contributed by atoms with E-state index in [0.717, 1.165) is 17.9 Å². The van der Waals surface area contributed by atoms with Gasteiger partial charge in [0.05, 0.1) is 10.4 Å². The van der Waals surface area contributed by atoms with Crippen LogP contribution in [-0.4, -0.2) is 47.4 Å². The van der Waals surface area contributed by atoms with Crippen molar-refractivity contribution in [3.63, 3.8) is 0 Å². The Morgan fingerprint density at radius 3 is 2.97 bits per heavy atom. The van der Waals surface area contributed by atoms with Crippen molar-refractivity contribution in [3.05, 3.63) is 52.3 Å². The van der Waals surface area contributed by atoms with Gasteiger partial charge in [-0.2, -0.15) is 0 Å². The van der Waals surface area contributed by atoms with Gasteiger partial charge in [0.15, 0.2) is 11.5 Å². The molecule has 1 aromatic heterocycles. The van der Waals surface area contributed by atoms with Gasteiger partial charge in [0.25, 0.3) is 5.69 Å². The molecular formula is C21H22N6O4. The lowest BCUT2D eigenvalue weighted by Crippen LogP contribution is -2.49. The molecule has 0 saturated carbocycles. The Labute approximate surface area is 178 Å². The molecule has 10 heteroatoms. The van der Waals surface area contributed by atoms with Crippen LogP contribution in [0, 0.1) is 10.1 Å². The highest BCUT2D eigenvalue weighted by atomic mass is 16.7. The predicted molar refractivity (Wildman–Crippen MR) is 116 cm³/mol. The summed E-state index contributed by atoms with van der Waals surface area (Å²) in [6.45, 7) is 4.96. The second kappa shape index (κ2) is 7.88. The summed E-state index contributed by atoms with van der Waals surface area (Å²) in [5.41, 5.74) is 2.29. The van der Waals surface area contributed by atoms with E-state index in [0.29, 0.717) is 47.8 Å². The van der Waals surface area contributed by atoms with E-state index in [2.05, 4.69) is 27.5 Å². The lowest BCUT2D eigenvalue weighted by Gasteiger charge is -2.33. The number of hydrogen-bond acceptors (Lipinski definition) is 9. The second-order valence-electron chi connectivity index (χ2n) is 7.68. The van der Waals surface area contributed by atoms with Crippen molar-refractivity contribution in [2.45, 2.75) is 19.5 Å². The van der Waals surface area contributed by atoms with Crippen LogP contribution in [0.25, 0.3) is 10.9 Å². The highest BCUT2D eigenvalue weighted by molar-refractivity contribution is 5.94. The van der Waals surface area contributed by atoms with Gasteiger partial charge in [-0.25, -0.2) is 9.97 Å². The Morgan fingerprint density at radius 2 is 2.13 bits per heavy atom. The Balaban J connectivity index is 1.46. The standard InChI is InChI=1S/C21H22N6O4/c1-13-10-26(5-4-22-13)17-8-16-15(7-18(17)27(28)29)21(25-11-24-16)23-9-14-2-3-19-20(6-14)31-12-30-19/h2-3,6-8,11,13,22H,4-5,9-10,12H2,1H3,(H,23,24,25)/t13-/m0/s1. The number of nitrogens with zero attached hydrogens (tertiary/aromatic N) is 4. The summed E-state index contributed by atoms with van der Waals surface area (Å²) in [6.07, 6.45) is 1.47. The van der Waals surface area contributed by atoms with Crippen molar-refractivity contribution in [2.24, 2.45) is 0 Å². The molecule has 0 amide bonds. The lowest BCUT2D eigenvalue weighted by atomic mass is 10.1. The first kappa shape index (κ1) is 19.3. The van der Waals surface area contributed by atoms with Crippen LogP contribution in [0.5, 0.6) is 11.5 Å². The minimum Gasteiger partial charge on any atom is -0.454 e. The molecule has 3 heterocycles. The number of fused-ring (bicyclic) bond motifs is 2. The van der Waals surface area contributed by atoms with Crippen molar-refractivity contribution in [1.29, 1.82) is 0 Å². The Hall–Kier alpha value is -3.66. The summed E-state index contributed by atoms with van der Waals surface area (Å²) >= 11 is 0. The maximum atomic E-state index is 11.9. The zero-order valence-electron chi connectivity index (χ0n) is 17.0. The summed E-state index contributed by atoms with van der Waals surface area (Å²) in [5, 5.41) is 19.1. The summed E-state index contributed by atoms with van der Waals surface area (Å²) in [7, 11) is 0. The SMILES string of the molecule is C[C@H]1CN(c2cc3ncnc(NCc4ccc5c(c4)OCO5)c3cc2[N+](=O)[O-])CCN1. The van der Waals surface area contributed by atoms with Crippen molar-refractivity contribution in [2.75, 3.05) is 36.6 Å². The summed E-state index contributed by atoms with van der Waals surface area (Å²) in [5.74, 6) is 1.98. The molecule has 0 radical (unpaired) electrons. The molecule has 160 valence electrons. The number of ether oxygens (including phenoxy) is 2. The second-order valence-corrected chi connectivity index (χ2v) is 7.68. The van der Waals surface area contributed by atoms with Crippen LogP contribution < -0.4 is 25.0 Å². The fourth-order valence-corrected chi connectivity index (χ4v) is 4.01. The number of anilines is 2. The van der Waals surface area contributed by atoms with E-state index < -0.39 is 0 Å². The van der Waals surface area contributed by atoms with Gasteiger partial charge in [-0.1, -0.05) is 6.07 Å². The zero-order valence-corrected chi connectivity index (χ0v) is 17.0. The van der Waals surface area contributed by atoms with Gasteiger partial charge in [-0.05, 0) is 30.7 Å². The van der Waals surface area contributed by atoms with Crippen LogP contribution in [0.15, 0.2) is 36.7 Å². The van der Waals surface area contributed by atoms with Crippen LogP contribution in [0.4, 0.5) is 17.2 Å². The summed E-state index contributed by atoms with van der Waals surface area (Å²) in [6, 6.07) is 9.33. The molecule has 2 aromatic carbocycles. The minimum absolute atomic E-state index is 0.0579. The normalized spacial score (nSPS) is 17.7. The van der Waals surface area contributed by atoms with Crippen molar-refractivity contribution < 1.29 is 14.4 Å². The van der Waals surface area contributed by atoms with E-state index in [1.165, 1.54) is 6.33 Å². The molecule has 31 heavy (non-hydrogen) atoms. The van der Waals surface area contributed by atoms with Crippen molar-refractivity contribution in [3.8, 4) is 11.5 Å². The molecule has 10 nitrogen and oxygen atoms in total. The first-order chi connectivity index (χ1) is 15.1. The van der Waals surface area contributed by atoms with Gasteiger partial charge in [-0.15, -0.1) is 0 Å². The average molecular weight is 422 g/mol. The number of hydrogen-bond donors (Lipinski definition) is 2. The molecule has 0 unspecified atom stereocenters. The third-order valence-corrected chi connectivity index (χ3v) is 5.53. The molecule has 0 aliphatic carbocycles. The maximum absolute atomic E-state index is 11.9. The number of nitro groups is 1. The summed E-state index contributed by atoms with van der Waals surface area (Å²) < 4.78 is 10.8. The molecule has 2 aliphatic rings. The van der Waals surface area contributed by atoms with Gasteiger partial charge in [0.1, 0.15) is 17.8 Å². The van der Waals surface area contributed by atoms with Crippen LogP contribution in [0.3, 0.4) is 0 Å². The maximum Gasteiger partial charge on any atom is 0.293 e. The van der Waals surface area contributed by atoms with Crippen LogP contribution in [0.2, 0.25) is 0 Å². The molecule has 3 aromatic rings. The average Bonchev–Trinajstić information content (AvgIpc) is 3.24. The Morgan fingerprint density at radius 1 is 1.26 bits per heavy atom. The van der Waals surface area contributed by atoms with Gasteiger partial charge in [0.2, 0.25) is 6.79 Å². The topological polar surface area (TPSA) is 115 Å². The first-order valence-electron chi connectivity index (χ1n) is 10.1. The molecule has 0 spiro atoms. The molecule has 1 atom stereocenters. The van der Waals surface area contributed by atoms with E-state index in [-0.39, 0.29) is 23.4 Å². The van der Waals surface area contributed by atoms with E-state index >= 15 is 0 Å². The van der Waals surface area contributed by atoms with Crippen molar-refractivity contribution in [1.82, 2.24) is 15.3 Å². The van der Waals surface area contributed by atoms with Crippen molar-refractivity contribution >= 4 is 28.1 Å². The predicted octanol–water partition coefficient (Wildman–Crippen LogP) is 2.68. The minimum atomic E-state index is -0.337. The largest absolute Gasteiger partial charge is 0.454 e. The molecule has 5 rings (SSSR count). The third kappa shape index (κ3) is 3.77. The molecule has 2 N–H and O–H groups in total. The molecule has 0 bridgehead atoms. The highest BCUT2D eigenvalue weighted by Crippen LogP contribution is 2.36. The number of rotatable bonds is 5. The number of nitrogens with one attached hydrogen (secondary N) is 2. The van der Waals surface area contributed by atoms with Gasteiger partial charge < -0.3 is 25.0 Å². The molecular weight excluding hydrogens is 400 g/mol. The zero-order chi connectivity index (χ0) is 21.4. The van der Waals surface area contributed by atoms with Gasteiger partial charge >= 0.3 is 0 Å². The number of piperazine rings is 1. The fraction of sp³-hybridized carbons (Fsp3) is 0.333. The monoisotopic (exact) mass is 422 g/mol. The number of aromatic nitrogens is 2. The molecule has 1 saturated heterocycles. The number of nitro benzene ring substituents is 1. The van der Waals surface area contributed by atoms with Gasteiger partial charge in [0, 0.05) is 43.7 Å². The smallest absolute Gasteiger partial charge is 0.293 e. The quantitative estimate of drug-likeness (QED) is 0.473. The van der Waals surface area contributed by atoms with Crippen LogP contribution in [0.1, 0.15) is 12.5 Å². The van der Waals surface area contributed by atoms with E-state index in [1.807, 2.05) is 23.1 Å². The number of benzene rings is 2. The lowest BCUT2D eigenvalue weighted by molar-refractivity contribution is -0.384. The third-order valence-electron chi connectivity index (χ3n) is 5.53. The highest BCUT2D eigenvalue weighted by Gasteiger charge is 2.25. The first-order valence-corrected chi connectivity index (χ1v) is 10.1. The molecule has 2 aliphatic heterocycles. The van der Waals surface area contributed by atoms with E-state index in [4.69, 9.17) is 9.47 Å². The molecule has 1 fully saturated rings. The van der Waals surface area contributed by atoms with Gasteiger partial charge in [-0.3, -0.25) is 10.1 Å². The summed E-state index contributed by atoms with van der Waals surface area (Å²) in [4.78, 5) is 22.3. The van der Waals surface area contributed by atoms with Crippen LogP contribution in [-0.2, 0) is 6.54 Å². The van der Waals surface area contributed by atoms with E-state index in [9.17, 15) is 10.1 Å². The van der Waals surface area contributed by atoms with E-state index in [1.54, 1.807) is 12.1 Å².